The summed E-state index contributed by atoms with van der Waals surface area (Å²) in [5.41, 5.74) is -0.0963. The lowest BCUT2D eigenvalue weighted by molar-refractivity contribution is -0.128. The normalized spacial score (nSPS) is 11.8. The highest BCUT2D eigenvalue weighted by atomic mass is 35.5. The van der Waals surface area contributed by atoms with Gasteiger partial charge in [-0.1, -0.05) is 29.8 Å². The predicted octanol–water partition coefficient (Wildman–Crippen LogP) is 2.97. The number of aliphatic hydroxyl groups is 1. The number of halogens is 1. The van der Waals surface area contributed by atoms with Crippen molar-refractivity contribution in [2.24, 2.45) is 0 Å². The monoisotopic (exact) mass is 281 g/mol. The molecule has 1 rings (SSSR count). The van der Waals surface area contributed by atoms with Crippen LogP contribution in [-0.4, -0.2) is 34.6 Å². The van der Waals surface area contributed by atoms with Crippen LogP contribution in [0.2, 0.25) is 5.02 Å². The number of carbonyl (C=O) groups is 1. The van der Waals surface area contributed by atoms with E-state index in [1.165, 1.54) is 6.08 Å². The fourth-order valence-electron chi connectivity index (χ4n) is 1.69. The largest absolute Gasteiger partial charge is 0.389 e. The molecule has 0 aliphatic rings. The number of likely N-dealkylation sites (N-methyl/N-ethyl adjacent to an activating group) is 1. The molecule has 0 bridgehead atoms. The summed E-state index contributed by atoms with van der Waals surface area (Å²) in [6.07, 6.45) is 3.17. The summed E-state index contributed by atoms with van der Waals surface area (Å²) < 4.78 is 0. The van der Waals surface area contributed by atoms with Gasteiger partial charge in [0.2, 0.25) is 5.91 Å². The second-order valence-electron chi connectivity index (χ2n) is 5.02. The third kappa shape index (κ3) is 5.45. The number of rotatable bonds is 5. The molecule has 1 aromatic rings. The van der Waals surface area contributed by atoms with E-state index in [9.17, 15) is 9.90 Å². The zero-order valence-electron chi connectivity index (χ0n) is 11.6. The molecule has 0 atom stereocenters. The van der Waals surface area contributed by atoms with Crippen molar-refractivity contribution in [3.63, 3.8) is 0 Å². The summed E-state index contributed by atoms with van der Waals surface area (Å²) in [6.45, 7) is 6.10. The van der Waals surface area contributed by atoms with Crippen LogP contribution in [0, 0.1) is 0 Å². The van der Waals surface area contributed by atoms with Crippen LogP contribution in [0.4, 0.5) is 0 Å². The van der Waals surface area contributed by atoms with Gasteiger partial charge >= 0.3 is 0 Å². The summed E-state index contributed by atoms with van der Waals surface area (Å²) in [6, 6.07) is 7.33. The Morgan fingerprint density at radius 1 is 1.42 bits per heavy atom. The fourth-order valence-corrected chi connectivity index (χ4v) is 1.89. The fraction of sp³-hybridized carbons (Fsp3) is 0.400. The molecule has 0 fully saturated rings. The summed E-state index contributed by atoms with van der Waals surface area (Å²) in [5, 5.41) is 10.4. The molecular formula is C15H20ClNO2. The smallest absolute Gasteiger partial charge is 0.246 e. The first kappa shape index (κ1) is 15.7. The zero-order chi connectivity index (χ0) is 14.5. The molecule has 0 unspecified atom stereocenters. The van der Waals surface area contributed by atoms with Crippen molar-refractivity contribution in [3.8, 4) is 0 Å². The molecule has 0 saturated carbocycles. The summed E-state index contributed by atoms with van der Waals surface area (Å²) in [5.74, 6) is -0.135. The van der Waals surface area contributed by atoms with Crippen molar-refractivity contribution in [1.29, 1.82) is 0 Å². The molecule has 1 aromatic carbocycles. The number of nitrogens with zero attached hydrogens (tertiary/aromatic N) is 1. The van der Waals surface area contributed by atoms with E-state index in [-0.39, 0.29) is 5.91 Å². The van der Waals surface area contributed by atoms with E-state index in [4.69, 9.17) is 11.6 Å². The van der Waals surface area contributed by atoms with Crippen LogP contribution >= 0.6 is 11.6 Å². The minimum atomic E-state index is -0.899. The molecule has 0 radical (unpaired) electrons. The lowest BCUT2D eigenvalue weighted by Gasteiger charge is -2.27. The van der Waals surface area contributed by atoms with Gasteiger partial charge in [0, 0.05) is 24.2 Å². The average molecular weight is 282 g/mol. The molecule has 104 valence electrons. The number of carbonyl (C=O) groups excluding carboxylic acids is 1. The summed E-state index contributed by atoms with van der Waals surface area (Å²) >= 11 is 6.01. The Bertz CT molecular complexity index is 463. The van der Waals surface area contributed by atoms with Crippen LogP contribution in [0.25, 0.3) is 6.08 Å². The summed E-state index contributed by atoms with van der Waals surface area (Å²) in [7, 11) is 0. The molecule has 3 nitrogen and oxygen atoms in total. The third-order valence-electron chi connectivity index (χ3n) is 2.58. The highest BCUT2D eigenvalue weighted by Gasteiger charge is 2.19. The van der Waals surface area contributed by atoms with E-state index < -0.39 is 5.60 Å². The van der Waals surface area contributed by atoms with Gasteiger partial charge in [-0.05, 0) is 38.5 Å². The molecule has 0 heterocycles. The van der Waals surface area contributed by atoms with Gasteiger partial charge in [0.15, 0.2) is 0 Å². The van der Waals surface area contributed by atoms with Gasteiger partial charge in [-0.15, -0.1) is 0 Å². The van der Waals surface area contributed by atoms with Gasteiger partial charge in [0.25, 0.3) is 0 Å². The van der Waals surface area contributed by atoms with Crippen LogP contribution in [-0.2, 0) is 4.79 Å². The van der Waals surface area contributed by atoms with Crippen LogP contribution in [0.5, 0.6) is 0 Å². The molecule has 0 aliphatic heterocycles. The molecule has 0 saturated heterocycles. The number of benzene rings is 1. The van der Waals surface area contributed by atoms with E-state index in [0.29, 0.717) is 18.1 Å². The van der Waals surface area contributed by atoms with Crippen LogP contribution in [0.1, 0.15) is 26.3 Å². The van der Waals surface area contributed by atoms with Crippen LogP contribution in [0.15, 0.2) is 30.3 Å². The maximum absolute atomic E-state index is 12.0. The first-order chi connectivity index (χ1) is 8.83. The van der Waals surface area contributed by atoms with E-state index in [1.807, 2.05) is 25.1 Å². The van der Waals surface area contributed by atoms with Gasteiger partial charge in [-0.3, -0.25) is 4.79 Å². The minimum absolute atomic E-state index is 0.135. The van der Waals surface area contributed by atoms with Gasteiger partial charge in [0.05, 0.1) is 5.60 Å². The number of hydrogen-bond acceptors (Lipinski definition) is 2. The number of amides is 1. The molecule has 19 heavy (non-hydrogen) atoms. The third-order valence-corrected chi connectivity index (χ3v) is 2.93. The first-order valence-electron chi connectivity index (χ1n) is 6.27. The maximum Gasteiger partial charge on any atom is 0.246 e. The molecule has 0 aliphatic carbocycles. The van der Waals surface area contributed by atoms with Crippen molar-refractivity contribution in [2.75, 3.05) is 13.1 Å². The lowest BCUT2D eigenvalue weighted by atomic mass is 10.1. The number of hydrogen-bond donors (Lipinski definition) is 1. The van der Waals surface area contributed by atoms with E-state index in [0.717, 1.165) is 5.56 Å². The van der Waals surface area contributed by atoms with Crippen LogP contribution in [0.3, 0.4) is 0 Å². The van der Waals surface area contributed by atoms with Crippen LogP contribution < -0.4 is 0 Å². The molecule has 1 N–H and O–H groups in total. The average Bonchev–Trinajstić information content (AvgIpc) is 2.33. The van der Waals surface area contributed by atoms with E-state index >= 15 is 0 Å². The minimum Gasteiger partial charge on any atom is -0.389 e. The quantitative estimate of drug-likeness (QED) is 0.843. The first-order valence-corrected chi connectivity index (χ1v) is 6.65. The molecule has 1 amide bonds. The Hall–Kier alpha value is -1.32. The Kier molecular flexibility index (Phi) is 5.58. The Balaban J connectivity index is 2.75. The van der Waals surface area contributed by atoms with Crippen molar-refractivity contribution < 1.29 is 9.90 Å². The van der Waals surface area contributed by atoms with Crippen molar-refractivity contribution >= 4 is 23.6 Å². The SMILES string of the molecule is CCN(CC(C)(C)O)C(=O)C=Cc1ccccc1Cl. The van der Waals surface area contributed by atoms with E-state index in [2.05, 4.69) is 0 Å². The zero-order valence-corrected chi connectivity index (χ0v) is 12.3. The molecule has 0 spiro atoms. The Morgan fingerprint density at radius 3 is 2.58 bits per heavy atom. The standard InChI is InChI=1S/C15H20ClNO2/c1-4-17(11-15(2,3)19)14(18)10-9-12-7-5-6-8-13(12)16/h5-10,19H,4,11H2,1-3H3. The summed E-state index contributed by atoms with van der Waals surface area (Å²) in [4.78, 5) is 13.6. The second kappa shape index (κ2) is 6.73. The van der Waals surface area contributed by atoms with Gasteiger partial charge in [-0.25, -0.2) is 0 Å². The molecule has 4 heteroatoms. The predicted molar refractivity (Wildman–Crippen MR) is 79.0 cm³/mol. The maximum atomic E-state index is 12.0. The second-order valence-corrected chi connectivity index (χ2v) is 5.43. The Morgan fingerprint density at radius 2 is 2.05 bits per heavy atom. The van der Waals surface area contributed by atoms with Crippen molar-refractivity contribution in [3.05, 3.63) is 40.9 Å². The highest BCUT2D eigenvalue weighted by Crippen LogP contribution is 2.16. The molecular weight excluding hydrogens is 262 g/mol. The van der Waals surface area contributed by atoms with Crippen molar-refractivity contribution in [1.82, 2.24) is 4.90 Å². The lowest BCUT2D eigenvalue weighted by Crippen LogP contribution is -2.41. The van der Waals surface area contributed by atoms with E-state index in [1.54, 1.807) is 30.9 Å². The topological polar surface area (TPSA) is 40.5 Å². The highest BCUT2D eigenvalue weighted by molar-refractivity contribution is 6.32. The van der Waals surface area contributed by atoms with Gasteiger partial charge in [-0.2, -0.15) is 0 Å². The van der Waals surface area contributed by atoms with Gasteiger partial charge < -0.3 is 10.0 Å². The molecule has 0 aromatic heterocycles. The van der Waals surface area contributed by atoms with Crippen molar-refractivity contribution in [2.45, 2.75) is 26.4 Å². The Labute approximate surface area is 119 Å². The van der Waals surface area contributed by atoms with Gasteiger partial charge in [0.1, 0.15) is 0 Å².